The number of benzene rings is 1. The molecule has 0 atom stereocenters. The zero-order chi connectivity index (χ0) is 16.2. The van der Waals surface area contributed by atoms with Gasteiger partial charge in [0.1, 0.15) is 17.5 Å². The molecule has 1 aromatic carbocycles. The Labute approximate surface area is 126 Å². The Bertz CT molecular complexity index is 444. The summed E-state index contributed by atoms with van der Waals surface area (Å²) in [5.74, 6) is -2.55. The molecule has 1 N–H and O–H groups in total. The van der Waals surface area contributed by atoms with Gasteiger partial charge < -0.3 is 4.80 Å². The van der Waals surface area contributed by atoms with Gasteiger partial charge in [-0.1, -0.05) is 34.1 Å². The maximum Gasteiger partial charge on any atom is 0.193 e. The molecule has 0 saturated carbocycles. The van der Waals surface area contributed by atoms with Crippen LogP contribution in [0.2, 0.25) is 17.1 Å². The zero-order valence-corrected chi connectivity index (χ0v) is 14.2. The average Bonchev–Trinajstić information content (AvgIpc) is 2.35. The van der Waals surface area contributed by atoms with Gasteiger partial charge in [0.15, 0.2) is 8.32 Å². The summed E-state index contributed by atoms with van der Waals surface area (Å²) in [7, 11) is -2.33. The lowest BCUT2D eigenvalue weighted by Gasteiger charge is -2.33. The highest BCUT2D eigenvalue weighted by Crippen LogP contribution is 2.34. The first kappa shape index (κ1) is 18.2. The van der Waals surface area contributed by atoms with Gasteiger partial charge in [0.05, 0.1) is 0 Å². The topological polar surface area (TPSA) is 20.2 Å². The molecule has 1 aromatic rings. The minimum absolute atomic E-state index is 0.0595. The minimum atomic E-state index is -2.33. The largest absolute Gasteiger partial charge is 0.431 e. The van der Waals surface area contributed by atoms with Crippen LogP contribution in [0.4, 0.5) is 13.2 Å². The summed E-state index contributed by atoms with van der Waals surface area (Å²) in [6, 6.07) is 2.16. The highest BCUT2D eigenvalue weighted by Gasteiger charge is 2.37. The first-order chi connectivity index (χ1) is 9.68. The van der Waals surface area contributed by atoms with Crippen molar-refractivity contribution in [2.75, 3.05) is 0 Å². The predicted octanol–water partition coefficient (Wildman–Crippen LogP) is 5.18. The molecule has 21 heavy (non-hydrogen) atoms. The third kappa shape index (κ3) is 4.58. The first-order valence-corrected chi connectivity index (χ1v) is 9.85. The van der Waals surface area contributed by atoms with E-state index < -0.39 is 25.8 Å². The number of hydrogen-bond acceptors (Lipinski definition) is 1. The fraction of sp³-hybridized carbons (Fsp3) is 0.625. The quantitative estimate of drug-likeness (QED) is 0.542. The molecule has 120 valence electrons. The van der Waals surface area contributed by atoms with Gasteiger partial charge in [-0.2, -0.15) is 0 Å². The maximum absolute atomic E-state index is 13.5. The highest BCUT2D eigenvalue weighted by molar-refractivity contribution is 6.75. The molecule has 0 radical (unpaired) electrons. The smallest absolute Gasteiger partial charge is 0.193 e. The van der Waals surface area contributed by atoms with Crippen molar-refractivity contribution in [3.05, 3.63) is 35.1 Å². The molecule has 0 saturated heterocycles. The van der Waals surface area contributed by atoms with Gasteiger partial charge in [0.25, 0.3) is 0 Å². The summed E-state index contributed by atoms with van der Waals surface area (Å²) in [6.45, 7) is 8.13. The summed E-state index contributed by atoms with van der Waals surface area (Å²) in [4.78, 5) is 10.7. The van der Waals surface area contributed by atoms with Gasteiger partial charge in [-0.05, 0) is 30.0 Å². The van der Waals surface area contributed by atoms with E-state index in [0.29, 0.717) is 18.6 Å². The second kappa shape index (κ2) is 7.45. The molecule has 0 amide bonds. The van der Waals surface area contributed by atoms with Crippen LogP contribution in [0.1, 0.15) is 46.1 Å². The van der Waals surface area contributed by atoms with Crippen LogP contribution in [0.25, 0.3) is 0 Å². The van der Waals surface area contributed by atoms with Crippen molar-refractivity contribution in [1.29, 1.82) is 0 Å². The monoisotopic (exact) mass is 318 g/mol. The van der Waals surface area contributed by atoms with E-state index in [9.17, 15) is 18.0 Å². The van der Waals surface area contributed by atoms with Crippen molar-refractivity contribution in [3.8, 4) is 0 Å². The molecule has 0 heterocycles. The normalized spacial score (nSPS) is 12.5. The standard InChI is InChI=1S/C16H25F3OSi/c1-11(2)21(20,12(3)4)8-6-5-7-14-15(18)9-13(17)10-16(14)19/h9-12,20H,5-8H2,1-4H3. The van der Waals surface area contributed by atoms with E-state index in [1.165, 1.54) is 0 Å². The molecule has 0 aliphatic carbocycles. The molecule has 1 nitrogen and oxygen atoms in total. The van der Waals surface area contributed by atoms with Gasteiger partial charge >= 0.3 is 0 Å². The second-order valence-corrected chi connectivity index (χ2v) is 11.1. The lowest BCUT2D eigenvalue weighted by molar-refractivity contribution is 0.482. The Morgan fingerprint density at radius 2 is 1.43 bits per heavy atom. The van der Waals surface area contributed by atoms with Crippen LogP contribution in [-0.4, -0.2) is 13.1 Å². The zero-order valence-electron chi connectivity index (χ0n) is 13.2. The van der Waals surface area contributed by atoms with E-state index in [4.69, 9.17) is 0 Å². The van der Waals surface area contributed by atoms with Crippen LogP contribution in [0.5, 0.6) is 0 Å². The summed E-state index contributed by atoms with van der Waals surface area (Å²) < 4.78 is 39.8. The van der Waals surface area contributed by atoms with Gasteiger partial charge in [0.2, 0.25) is 0 Å². The molecule has 0 aromatic heterocycles. The maximum atomic E-state index is 13.5. The van der Waals surface area contributed by atoms with E-state index in [1.54, 1.807) is 0 Å². The molecule has 1 rings (SSSR count). The molecule has 0 aliphatic rings. The minimum Gasteiger partial charge on any atom is -0.431 e. The van der Waals surface area contributed by atoms with Crippen molar-refractivity contribution in [2.45, 2.75) is 64.1 Å². The number of unbranched alkanes of at least 4 members (excludes halogenated alkanes) is 1. The fourth-order valence-electron chi connectivity index (χ4n) is 2.76. The van der Waals surface area contributed by atoms with E-state index >= 15 is 0 Å². The molecular weight excluding hydrogens is 293 g/mol. The SMILES string of the molecule is CC(C)[Si](O)(CCCCc1c(F)cc(F)cc1F)C(C)C. The van der Waals surface area contributed by atoms with Crippen molar-refractivity contribution in [2.24, 2.45) is 0 Å². The summed E-state index contributed by atoms with van der Waals surface area (Å²) in [5.41, 5.74) is 0.462. The van der Waals surface area contributed by atoms with Crippen molar-refractivity contribution in [1.82, 2.24) is 0 Å². The van der Waals surface area contributed by atoms with Crippen molar-refractivity contribution >= 4 is 8.32 Å². The van der Waals surface area contributed by atoms with Crippen LogP contribution in [-0.2, 0) is 6.42 Å². The van der Waals surface area contributed by atoms with Gasteiger partial charge in [-0.15, -0.1) is 0 Å². The van der Waals surface area contributed by atoms with Crippen LogP contribution < -0.4 is 0 Å². The molecule has 0 unspecified atom stereocenters. The van der Waals surface area contributed by atoms with Crippen LogP contribution in [0.3, 0.4) is 0 Å². The molecule has 0 bridgehead atoms. The molecule has 5 heteroatoms. The van der Waals surface area contributed by atoms with Crippen LogP contribution in [0.15, 0.2) is 12.1 Å². The lowest BCUT2D eigenvalue weighted by Crippen LogP contribution is -2.41. The third-order valence-corrected chi connectivity index (χ3v) is 9.51. The Morgan fingerprint density at radius 1 is 0.952 bits per heavy atom. The average molecular weight is 318 g/mol. The van der Waals surface area contributed by atoms with Crippen LogP contribution in [0, 0.1) is 17.5 Å². The summed E-state index contributed by atoms with van der Waals surface area (Å²) >= 11 is 0. The van der Waals surface area contributed by atoms with Crippen molar-refractivity contribution < 1.29 is 18.0 Å². The molecule has 0 spiro atoms. The molecule has 0 aliphatic heterocycles. The highest BCUT2D eigenvalue weighted by atomic mass is 28.4. The predicted molar refractivity (Wildman–Crippen MR) is 82.2 cm³/mol. The van der Waals surface area contributed by atoms with E-state index in [0.717, 1.165) is 12.5 Å². The first-order valence-electron chi connectivity index (χ1n) is 7.54. The Balaban J connectivity index is 2.59. The van der Waals surface area contributed by atoms with Gasteiger partial charge in [0, 0.05) is 17.7 Å². The Hall–Kier alpha value is -0.813. The fourth-order valence-corrected chi connectivity index (χ4v) is 6.07. The summed E-state index contributed by atoms with van der Waals surface area (Å²) in [6.07, 6.45) is 1.56. The van der Waals surface area contributed by atoms with E-state index in [1.807, 2.05) is 27.7 Å². The van der Waals surface area contributed by atoms with Crippen LogP contribution >= 0.6 is 0 Å². The number of rotatable bonds is 7. The third-order valence-electron chi connectivity index (χ3n) is 4.36. The number of hydrogen-bond donors (Lipinski definition) is 1. The Morgan fingerprint density at radius 3 is 1.86 bits per heavy atom. The second-order valence-electron chi connectivity index (χ2n) is 6.36. The summed E-state index contributed by atoms with van der Waals surface area (Å²) in [5, 5.41) is 0. The van der Waals surface area contributed by atoms with E-state index in [2.05, 4.69) is 0 Å². The van der Waals surface area contributed by atoms with Gasteiger partial charge in [-0.25, -0.2) is 13.2 Å². The Kier molecular flexibility index (Phi) is 6.47. The lowest BCUT2D eigenvalue weighted by atomic mass is 10.1. The van der Waals surface area contributed by atoms with E-state index in [-0.39, 0.29) is 23.1 Å². The number of halogens is 3. The molecule has 0 fully saturated rings. The molecular formula is C16H25F3OSi. The van der Waals surface area contributed by atoms with Gasteiger partial charge in [-0.3, -0.25) is 0 Å². The van der Waals surface area contributed by atoms with Crippen molar-refractivity contribution in [3.63, 3.8) is 0 Å².